The van der Waals surface area contributed by atoms with Gasteiger partial charge in [-0.25, -0.2) is 13.6 Å². The lowest BCUT2D eigenvalue weighted by Gasteiger charge is -2.06. The van der Waals surface area contributed by atoms with Crippen LogP contribution < -0.4 is 5.43 Å². The summed E-state index contributed by atoms with van der Waals surface area (Å²) in [6, 6.07) is 0. The van der Waals surface area contributed by atoms with Gasteiger partial charge >= 0.3 is 5.97 Å². The summed E-state index contributed by atoms with van der Waals surface area (Å²) in [4.78, 5) is 25.3. The summed E-state index contributed by atoms with van der Waals surface area (Å²) in [5, 5.41) is 0. The number of nitrogens with one attached hydrogen (secondary N) is 1. The zero-order chi connectivity index (χ0) is 12.3. The van der Waals surface area contributed by atoms with Gasteiger partial charge in [-0.15, -0.1) is 0 Å². The van der Waals surface area contributed by atoms with E-state index in [0.29, 0.717) is 0 Å². The minimum atomic E-state index is -2.92. The van der Waals surface area contributed by atoms with Gasteiger partial charge in [-0.05, 0) is 13.8 Å². The van der Waals surface area contributed by atoms with Gasteiger partial charge in [-0.3, -0.25) is 4.79 Å². The summed E-state index contributed by atoms with van der Waals surface area (Å²) in [5.41, 5.74) is -2.02. The van der Waals surface area contributed by atoms with Crippen LogP contribution in [0.25, 0.3) is 0 Å². The Labute approximate surface area is 90.2 Å². The summed E-state index contributed by atoms with van der Waals surface area (Å²) in [5.74, 6) is -0.898. The van der Waals surface area contributed by atoms with Crippen molar-refractivity contribution in [3.05, 3.63) is 33.2 Å². The van der Waals surface area contributed by atoms with Gasteiger partial charge in [0, 0.05) is 11.9 Å². The van der Waals surface area contributed by atoms with Gasteiger partial charge in [-0.1, -0.05) is 0 Å². The summed E-state index contributed by atoms with van der Waals surface area (Å²) >= 11 is 0. The molecule has 0 fully saturated rings. The van der Waals surface area contributed by atoms with Crippen LogP contribution in [0.4, 0.5) is 8.78 Å². The standard InChI is InChI=1S/C10H11F2NO3/c1-3-16-10(15)6-4-13-5(2)7(8(6)14)9(11)12/h4,9H,3H2,1-2H3,(H,13,14). The molecule has 0 aliphatic rings. The predicted molar refractivity (Wildman–Crippen MR) is 52.7 cm³/mol. The molecule has 88 valence electrons. The van der Waals surface area contributed by atoms with Crippen molar-refractivity contribution in [2.24, 2.45) is 0 Å². The first-order valence-electron chi connectivity index (χ1n) is 4.66. The second-order valence-corrected chi connectivity index (χ2v) is 3.09. The van der Waals surface area contributed by atoms with Crippen molar-refractivity contribution < 1.29 is 18.3 Å². The zero-order valence-electron chi connectivity index (χ0n) is 8.84. The maximum absolute atomic E-state index is 12.5. The molecule has 1 rings (SSSR count). The van der Waals surface area contributed by atoms with E-state index in [1.54, 1.807) is 6.92 Å². The van der Waals surface area contributed by atoms with E-state index in [0.717, 1.165) is 6.20 Å². The highest BCUT2D eigenvalue weighted by Crippen LogP contribution is 2.17. The number of H-pyrrole nitrogens is 1. The monoisotopic (exact) mass is 231 g/mol. The number of hydrogen-bond donors (Lipinski definition) is 1. The van der Waals surface area contributed by atoms with E-state index in [1.807, 2.05) is 0 Å². The molecule has 16 heavy (non-hydrogen) atoms. The molecule has 1 heterocycles. The van der Waals surface area contributed by atoms with E-state index in [2.05, 4.69) is 9.72 Å². The van der Waals surface area contributed by atoms with Crippen LogP contribution in [0.15, 0.2) is 11.0 Å². The van der Waals surface area contributed by atoms with Crippen LogP contribution in [0.2, 0.25) is 0 Å². The molecule has 0 saturated carbocycles. The second-order valence-electron chi connectivity index (χ2n) is 3.09. The fourth-order valence-electron chi connectivity index (χ4n) is 1.26. The molecule has 0 amide bonds. The van der Waals surface area contributed by atoms with Gasteiger partial charge in [0.05, 0.1) is 12.2 Å². The molecule has 0 spiro atoms. The number of halogens is 2. The average molecular weight is 231 g/mol. The number of esters is 1. The number of carbonyl (C=O) groups excluding carboxylic acids is 1. The molecule has 1 aromatic heterocycles. The Hall–Kier alpha value is -1.72. The molecular weight excluding hydrogens is 220 g/mol. The Morgan fingerprint density at radius 2 is 2.19 bits per heavy atom. The summed E-state index contributed by atoms with van der Waals surface area (Å²) in [6.45, 7) is 2.99. The van der Waals surface area contributed by atoms with Crippen molar-refractivity contribution in [3.63, 3.8) is 0 Å². The van der Waals surface area contributed by atoms with Crippen molar-refractivity contribution in [1.82, 2.24) is 4.98 Å². The quantitative estimate of drug-likeness (QED) is 0.807. The Kier molecular flexibility index (Phi) is 3.76. The number of carbonyl (C=O) groups is 1. The van der Waals surface area contributed by atoms with E-state index in [-0.39, 0.29) is 12.3 Å². The molecule has 0 bridgehead atoms. The fourth-order valence-corrected chi connectivity index (χ4v) is 1.26. The number of alkyl halides is 2. The topological polar surface area (TPSA) is 59.2 Å². The van der Waals surface area contributed by atoms with Crippen LogP contribution in [0, 0.1) is 6.92 Å². The Morgan fingerprint density at radius 3 is 2.69 bits per heavy atom. The molecule has 0 aliphatic heterocycles. The first kappa shape index (κ1) is 12.4. The van der Waals surface area contributed by atoms with Gasteiger partial charge in [0.1, 0.15) is 5.56 Å². The lowest BCUT2D eigenvalue weighted by Crippen LogP contribution is -2.22. The molecule has 0 saturated heterocycles. The summed E-state index contributed by atoms with van der Waals surface area (Å²) in [6.07, 6.45) is -1.83. The highest BCUT2D eigenvalue weighted by Gasteiger charge is 2.21. The SMILES string of the molecule is CCOC(=O)c1c[nH]c(C)c(C(F)F)c1=O. The molecule has 0 unspecified atom stereocenters. The Bertz CT molecular complexity index is 454. The smallest absolute Gasteiger partial charge is 0.343 e. The molecule has 0 radical (unpaired) electrons. The summed E-state index contributed by atoms with van der Waals surface area (Å²) in [7, 11) is 0. The number of pyridine rings is 1. The molecule has 6 heteroatoms. The zero-order valence-corrected chi connectivity index (χ0v) is 8.84. The maximum Gasteiger partial charge on any atom is 0.343 e. The number of hydrogen-bond acceptors (Lipinski definition) is 3. The third kappa shape index (κ3) is 2.26. The van der Waals surface area contributed by atoms with Crippen LogP contribution in [-0.4, -0.2) is 17.6 Å². The molecule has 1 aromatic rings. The van der Waals surface area contributed by atoms with E-state index < -0.39 is 29.0 Å². The van der Waals surface area contributed by atoms with Gasteiger partial charge in [0.15, 0.2) is 0 Å². The Morgan fingerprint density at radius 1 is 1.56 bits per heavy atom. The van der Waals surface area contributed by atoms with Crippen molar-refractivity contribution in [1.29, 1.82) is 0 Å². The maximum atomic E-state index is 12.5. The second kappa shape index (κ2) is 4.87. The van der Waals surface area contributed by atoms with Gasteiger partial charge in [-0.2, -0.15) is 0 Å². The average Bonchev–Trinajstić information content (AvgIpc) is 2.17. The van der Waals surface area contributed by atoms with E-state index in [1.165, 1.54) is 6.92 Å². The number of ether oxygens (including phenoxy) is 1. The van der Waals surface area contributed by atoms with E-state index >= 15 is 0 Å². The van der Waals surface area contributed by atoms with Gasteiger partial charge < -0.3 is 9.72 Å². The highest BCUT2D eigenvalue weighted by atomic mass is 19.3. The molecule has 4 nitrogen and oxygen atoms in total. The van der Waals surface area contributed by atoms with E-state index in [9.17, 15) is 18.4 Å². The molecule has 0 aromatic carbocycles. The van der Waals surface area contributed by atoms with Crippen molar-refractivity contribution in [2.45, 2.75) is 20.3 Å². The number of aryl methyl sites for hydroxylation is 1. The first-order chi connectivity index (χ1) is 7.49. The third-order valence-corrected chi connectivity index (χ3v) is 2.04. The molecule has 0 aliphatic carbocycles. The van der Waals surface area contributed by atoms with Crippen molar-refractivity contribution in [2.75, 3.05) is 6.61 Å². The third-order valence-electron chi connectivity index (χ3n) is 2.04. The van der Waals surface area contributed by atoms with Gasteiger partial charge in [0.25, 0.3) is 6.43 Å². The highest BCUT2D eigenvalue weighted by molar-refractivity contribution is 5.89. The number of rotatable bonds is 3. The normalized spacial score (nSPS) is 10.6. The summed E-state index contributed by atoms with van der Waals surface area (Å²) < 4.78 is 29.7. The van der Waals surface area contributed by atoms with Crippen LogP contribution in [0.1, 0.15) is 35.0 Å². The van der Waals surface area contributed by atoms with Crippen LogP contribution in [0.3, 0.4) is 0 Å². The minimum Gasteiger partial charge on any atom is -0.462 e. The predicted octanol–water partition coefficient (Wildman–Crippen LogP) is 1.80. The Balaban J connectivity index is 3.29. The lowest BCUT2D eigenvalue weighted by atomic mass is 10.1. The van der Waals surface area contributed by atoms with Crippen LogP contribution in [0.5, 0.6) is 0 Å². The minimum absolute atomic E-state index is 0.0491. The molecular formula is C10H11F2NO3. The van der Waals surface area contributed by atoms with Crippen molar-refractivity contribution >= 4 is 5.97 Å². The largest absolute Gasteiger partial charge is 0.462 e. The van der Waals surface area contributed by atoms with E-state index in [4.69, 9.17) is 0 Å². The number of aromatic nitrogens is 1. The van der Waals surface area contributed by atoms with Crippen LogP contribution >= 0.6 is 0 Å². The lowest BCUT2D eigenvalue weighted by molar-refractivity contribution is 0.0523. The first-order valence-corrected chi connectivity index (χ1v) is 4.66. The van der Waals surface area contributed by atoms with Gasteiger partial charge in [0.2, 0.25) is 5.43 Å². The molecule has 0 atom stereocenters. The molecule has 1 N–H and O–H groups in total. The fraction of sp³-hybridized carbons (Fsp3) is 0.400. The van der Waals surface area contributed by atoms with Crippen LogP contribution in [-0.2, 0) is 4.74 Å². The number of aromatic amines is 1. The van der Waals surface area contributed by atoms with Crippen molar-refractivity contribution in [3.8, 4) is 0 Å².